The maximum atomic E-state index is 14.2. The Balaban J connectivity index is 1.61. The summed E-state index contributed by atoms with van der Waals surface area (Å²) in [6.07, 6.45) is 1.79. The van der Waals surface area contributed by atoms with E-state index in [1.807, 2.05) is 95.9 Å². The molecule has 0 aliphatic carbocycles. The van der Waals surface area contributed by atoms with Crippen LogP contribution in [0.4, 0.5) is 0 Å². The number of aryl methyl sites for hydroxylation is 1. The third kappa shape index (κ3) is 7.42. The molecule has 3 aromatic carbocycles. The van der Waals surface area contributed by atoms with Crippen molar-refractivity contribution >= 4 is 23.2 Å². The minimum absolute atomic E-state index is 0.0316. The van der Waals surface area contributed by atoms with Crippen molar-refractivity contribution < 1.29 is 9.59 Å². The zero-order valence-electron chi connectivity index (χ0n) is 22.3. The molecule has 0 aliphatic rings. The van der Waals surface area contributed by atoms with Crippen molar-refractivity contribution in [2.24, 2.45) is 0 Å². The van der Waals surface area contributed by atoms with Crippen molar-refractivity contribution in [2.45, 2.75) is 45.7 Å². The van der Waals surface area contributed by atoms with Crippen LogP contribution in [0.15, 0.2) is 103 Å². The minimum Gasteiger partial charge on any atom is -0.333 e. The van der Waals surface area contributed by atoms with E-state index in [4.69, 9.17) is 0 Å². The van der Waals surface area contributed by atoms with E-state index in [2.05, 4.69) is 26.0 Å². The normalized spacial score (nSPS) is 10.9. The van der Waals surface area contributed by atoms with Gasteiger partial charge >= 0.3 is 0 Å². The SMILES string of the molecule is CCCCN(CC(=O)N(Cc1ccccc1)Cc1ccc(C)s1)C(=O)C(c1ccccc1)c1ccccc1. The van der Waals surface area contributed by atoms with Gasteiger partial charge in [-0.05, 0) is 42.2 Å². The fourth-order valence-electron chi connectivity index (χ4n) is 4.62. The molecule has 0 unspecified atom stereocenters. The van der Waals surface area contributed by atoms with Crippen molar-refractivity contribution in [3.8, 4) is 0 Å². The molecular weight excluding hydrogens is 488 g/mol. The van der Waals surface area contributed by atoms with Gasteiger partial charge < -0.3 is 9.80 Å². The van der Waals surface area contributed by atoms with E-state index < -0.39 is 5.92 Å². The third-order valence-corrected chi connectivity index (χ3v) is 7.63. The van der Waals surface area contributed by atoms with E-state index in [1.54, 1.807) is 16.2 Å². The number of hydrogen-bond donors (Lipinski definition) is 0. The smallest absolute Gasteiger partial charge is 0.242 e. The van der Waals surface area contributed by atoms with Crippen molar-refractivity contribution in [1.29, 1.82) is 0 Å². The summed E-state index contributed by atoms with van der Waals surface area (Å²) in [5, 5.41) is 0. The molecule has 0 spiro atoms. The average Bonchev–Trinajstić information content (AvgIpc) is 3.36. The summed E-state index contributed by atoms with van der Waals surface area (Å²) < 4.78 is 0. The Bertz CT molecular complexity index is 1250. The van der Waals surface area contributed by atoms with Crippen LogP contribution >= 0.6 is 11.3 Å². The lowest BCUT2D eigenvalue weighted by Crippen LogP contribution is -2.44. The summed E-state index contributed by atoms with van der Waals surface area (Å²) in [5.41, 5.74) is 2.95. The zero-order chi connectivity index (χ0) is 26.7. The molecule has 0 atom stereocenters. The van der Waals surface area contributed by atoms with Crippen LogP contribution in [-0.4, -0.2) is 34.7 Å². The van der Waals surface area contributed by atoms with Crippen LogP contribution in [-0.2, 0) is 22.7 Å². The molecule has 38 heavy (non-hydrogen) atoms. The Labute approximate surface area is 230 Å². The Morgan fingerprint density at radius 3 is 1.84 bits per heavy atom. The highest BCUT2D eigenvalue weighted by Crippen LogP contribution is 2.27. The van der Waals surface area contributed by atoms with Crippen LogP contribution in [0, 0.1) is 6.92 Å². The van der Waals surface area contributed by atoms with Crippen molar-refractivity contribution in [3.63, 3.8) is 0 Å². The molecule has 2 amide bonds. The van der Waals surface area contributed by atoms with E-state index in [-0.39, 0.29) is 18.4 Å². The largest absolute Gasteiger partial charge is 0.333 e. The molecule has 196 valence electrons. The molecular formula is C33H36N2O2S. The minimum atomic E-state index is -0.454. The first kappa shape index (κ1) is 27.3. The first-order valence-electron chi connectivity index (χ1n) is 13.3. The third-order valence-electron chi connectivity index (χ3n) is 6.64. The number of carbonyl (C=O) groups excluding carboxylic acids is 2. The summed E-state index contributed by atoms with van der Waals surface area (Å²) in [5.74, 6) is -0.523. The zero-order valence-corrected chi connectivity index (χ0v) is 23.1. The van der Waals surface area contributed by atoms with Gasteiger partial charge in [-0.15, -0.1) is 11.3 Å². The number of amides is 2. The molecule has 0 radical (unpaired) electrons. The predicted octanol–water partition coefficient (Wildman–Crippen LogP) is 7.05. The second-order valence-electron chi connectivity index (χ2n) is 9.62. The van der Waals surface area contributed by atoms with Crippen LogP contribution in [0.2, 0.25) is 0 Å². The van der Waals surface area contributed by atoms with E-state index in [1.165, 1.54) is 4.88 Å². The topological polar surface area (TPSA) is 40.6 Å². The van der Waals surface area contributed by atoms with Crippen molar-refractivity contribution in [2.75, 3.05) is 13.1 Å². The maximum Gasteiger partial charge on any atom is 0.242 e. The standard InChI is InChI=1S/C33H36N2O2S/c1-3-4-22-34(33(37)32(28-16-10-6-11-17-28)29-18-12-7-13-19-29)25-31(36)35(23-27-14-8-5-9-15-27)24-30-21-20-26(2)38-30/h5-21,32H,3-4,22-25H2,1-2H3. The number of thiophene rings is 1. The van der Waals surface area contributed by atoms with Crippen LogP contribution in [0.25, 0.3) is 0 Å². The first-order valence-corrected chi connectivity index (χ1v) is 14.1. The fraction of sp³-hybridized carbons (Fsp3) is 0.273. The molecule has 4 rings (SSSR count). The van der Waals surface area contributed by atoms with Gasteiger partial charge in [0, 0.05) is 22.8 Å². The molecule has 0 aliphatic heterocycles. The molecule has 0 saturated carbocycles. The lowest BCUT2D eigenvalue weighted by atomic mass is 9.90. The molecule has 1 heterocycles. The Hall–Kier alpha value is -3.70. The van der Waals surface area contributed by atoms with Gasteiger partial charge in [0.2, 0.25) is 11.8 Å². The predicted molar refractivity (Wildman–Crippen MR) is 156 cm³/mol. The van der Waals surface area contributed by atoms with E-state index in [0.29, 0.717) is 19.6 Å². The highest BCUT2D eigenvalue weighted by Gasteiger charge is 2.29. The Morgan fingerprint density at radius 1 is 0.737 bits per heavy atom. The van der Waals surface area contributed by atoms with E-state index >= 15 is 0 Å². The van der Waals surface area contributed by atoms with Gasteiger partial charge in [0.1, 0.15) is 0 Å². The number of hydrogen-bond acceptors (Lipinski definition) is 3. The van der Waals surface area contributed by atoms with E-state index in [9.17, 15) is 9.59 Å². The fourth-order valence-corrected chi connectivity index (χ4v) is 5.53. The van der Waals surface area contributed by atoms with Gasteiger partial charge in [-0.25, -0.2) is 0 Å². The number of benzene rings is 3. The second-order valence-corrected chi connectivity index (χ2v) is 11.0. The van der Waals surface area contributed by atoms with Crippen LogP contribution in [0.1, 0.15) is 52.1 Å². The number of carbonyl (C=O) groups is 2. The highest BCUT2D eigenvalue weighted by atomic mass is 32.1. The molecule has 5 heteroatoms. The van der Waals surface area contributed by atoms with Crippen LogP contribution in [0.3, 0.4) is 0 Å². The monoisotopic (exact) mass is 524 g/mol. The van der Waals surface area contributed by atoms with Crippen LogP contribution in [0.5, 0.6) is 0 Å². The quantitative estimate of drug-likeness (QED) is 0.199. The van der Waals surface area contributed by atoms with E-state index in [0.717, 1.165) is 34.4 Å². The molecule has 1 aromatic heterocycles. The molecule has 0 N–H and O–H groups in total. The average molecular weight is 525 g/mol. The van der Waals surface area contributed by atoms with Crippen LogP contribution < -0.4 is 0 Å². The van der Waals surface area contributed by atoms with Gasteiger partial charge in [-0.2, -0.15) is 0 Å². The van der Waals surface area contributed by atoms with Gasteiger partial charge in [-0.1, -0.05) is 104 Å². The number of rotatable bonds is 12. The molecule has 0 saturated heterocycles. The highest BCUT2D eigenvalue weighted by molar-refractivity contribution is 7.11. The first-order chi connectivity index (χ1) is 18.5. The summed E-state index contributed by atoms with van der Waals surface area (Å²) in [7, 11) is 0. The second kappa shape index (κ2) is 13.7. The summed E-state index contributed by atoms with van der Waals surface area (Å²) in [6, 6.07) is 34.0. The van der Waals surface area contributed by atoms with Gasteiger partial charge in [-0.3, -0.25) is 9.59 Å². The summed E-state index contributed by atoms with van der Waals surface area (Å²) >= 11 is 1.71. The number of nitrogens with zero attached hydrogens (tertiary/aromatic N) is 2. The number of unbranched alkanes of at least 4 members (excludes halogenated alkanes) is 1. The summed E-state index contributed by atoms with van der Waals surface area (Å²) in [4.78, 5) is 34.1. The van der Waals surface area contributed by atoms with Gasteiger partial charge in [0.05, 0.1) is 19.0 Å². The molecule has 4 nitrogen and oxygen atoms in total. The Morgan fingerprint density at radius 2 is 1.32 bits per heavy atom. The van der Waals surface area contributed by atoms with Gasteiger partial charge in [0.25, 0.3) is 0 Å². The maximum absolute atomic E-state index is 14.2. The lowest BCUT2D eigenvalue weighted by molar-refractivity contribution is -0.141. The Kier molecular flexibility index (Phi) is 9.88. The summed E-state index contributed by atoms with van der Waals surface area (Å²) in [6.45, 7) is 5.84. The van der Waals surface area contributed by atoms with Crippen molar-refractivity contribution in [3.05, 3.63) is 130 Å². The molecule has 0 bridgehead atoms. The van der Waals surface area contributed by atoms with Gasteiger partial charge in [0.15, 0.2) is 0 Å². The molecule has 4 aromatic rings. The van der Waals surface area contributed by atoms with Crippen molar-refractivity contribution in [1.82, 2.24) is 9.80 Å². The molecule has 0 fully saturated rings. The lowest BCUT2D eigenvalue weighted by Gasteiger charge is -2.30.